The Bertz CT molecular complexity index is 516. The lowest BCUT2D eigenvalue weighted by atomic mass is 9.94. The first-order valence-corrected chi connectivity index (χ1v) is 8.15. The number of nitrogens with zero attached hydrogens (tertiary/aromatic N) is 3. The van der Waals surface area contributed by atoms with Gasteiger partial charge < -0.3 is 4.90 Å². The molecule has 100 valence electrons. The standard InChI is InChI=1S/C13H15N3OS2/c17-13(11-8-14-9-19-11)16-4-1-10(2-5-16)7-12-15-3-6-18-12/h3,6,8-10H,1-2,4-5,7H2. The van der Waals surface area contributed by atoms with Gasteiger partial charge in [0.2, 0.25) is 0 Å². The molecule has 0 unspecified atom stereocenters. The van der Waals surface area contributed by atoms with Gasteiger partial charge in [-0.1, -0.05) is 0 Å². The molecule has 19 heavy (non-hydrogen) atoms. The molecule has 4 nitrogen and oxygen atoms in total. The van der Waals surface area contributed by atoms with Gasteiger partial charge in [-0.05, 0) is 18.8 Å². The summed E-state index contributed by atoms with van der Waals surface area (Å²) in [6, 6.07) is 0. The first kappa shape index (κ1) is 12.7. The van der Waals surface area contributed by atoms with Crippen molar-refractivity contribution in [2.24, 2.45) is 5.92 Å². The molecule has 2 aromatic heterocycles. The van der Waals surface area contributed by atoms with Crippen LogP contribution in [0.2, 0.25) is 0 Å². The van der Waals surface area contributed by atoms with Crippen molar-refractivity contribution in [2.75, 3.05) is 13.1 Å². The summed E-state index contributed by atoms with van der Waals surface area (Å²) in [5.41, 5.74) is 1.71. The molecular formula is C13H15N3OS2. The second-order valence-corrected chi connectivity index (χ2v) is 6.60. The summed E-state index contributed by atoms with van der Waals surface area (Å²) in [5.74, 6) is 0.798. The van der Waals surface area contributed by atoms with E-state index >= 15 is 0 Å². The van der Waals surface area contributed by atoms with E-state index in [9.17, 15) is 4.79 Å². The van der Waals surface area contributed by atoms with Gasteiger partial charge in [0, 0.05) is 31.1 Å². The summed E-state index contributed by atoms with van der Waals surface area (Å²) in [6.45, 7) is 1.71. The van der Waals surface area contributed by atoms with Gasteiger partial charge in [0.25, 0.3) is 5.91 Å². The SMILES string of the molecule is O=C(c1cncs1)N1CCC(Cc2nccs2)CC1. The van der Waals surface area contributed by atoms with Crippen molar-refractivity contribution in [3.8, 4) is 0 Å². The summed E-state index contributed by atoms with van der Waals surface area (Å²) in [5, 5.41) is 3.24. The molecular weight excluding hydrogens is 278 g/mol. The summed E-state index contributed by atoms with van der Waals surface area (Å²) >= 11 is 3.14. The minimum Gasteiger partial charge on any atom is -0.338 e. The van der Waals surface area contributed by atoms with Crippen LogP contribution in [0.5, 0.6) is 0 Å². The van der Waals surface area contributed by atoms with Crippen molar-refractivity contribution < 1.29 is 4.79 Å². The molecule has 1 amide bonds. The van der Waals surface area contributed by atoms with E-state index in [1.807, 2.05) is 16.5 Å². The number of thiazole rings is 2. The topological polar surface area (TPSA) is 46.1 Å². The highest BCUT2D eigenvalue weighted by Gasteiger charge is 2.24. The Labute approximate surface area is 120 Å². The lowest BCUT2D eigenvalue weighted by molar-refractivity contribution is 0.0695. The Kier molecular flexibility index (Phi) is 3.89. The van der Waals surface area contributed by atoms with Crippen molar-refractivity contribution in [2.45, 2.75) is 19.3 Å². The third-order valence-electron chi connectivity index (χ3n) is 3.49. The van der Waals surface area contributed by atoms with Crippen molar-refractivity contribution in [1.82, 2.24) is 14.9 Å². The van der Waals surface area contributed by atoms with Crippen molar-refractivity contribution in [3.63, 3.8) is 0 Å². The molecule has 0 aromatic carbocycles. The second kappa shape index (κ2) is 5.79. The summed E-state index contributed by atoms with van der Waals surface area (Å²) < 4.78 is 0. The number of carbonyl (C=O) groups is 1. The van der Waals surface area contributed by atoms with E-state index in [0.717, 1.165) is 37.2 Å². The molecule has 1 aliphatic rings. The first-order valence-electron chi connectivity index (χ1n) is 6.39. The maximum Gasteiger partial charge on any atom is 0.265 e. The molecule has 1 saturated heterocycles. The fourth-order valence-corrected chi connectivity index (χ4v) is 3.74. The van der Waals surface area contributed by atoms with Gasteiger partial charge in [0.15, 0.2) is 0 Å². The van der Waals surface area contributed by atoms with E-state index in [-0.39, 0.29) is 5.91 Å². The Morgan fingerprint density at radius 1 is 1.37 bits per heavy atom. The molecule has 0 N–H and O–H groups in total. The molecule has 0 atom stereocenters. The second-order valence-electron chi connectivity index (χ2n) is 4.73. The lowest BCUT2D eigenvalue weighted by Gasteiger charge is -2.31. The van der Waals surface area contributed by atoms with Gasteiger partial charge in [-0.15, -0.1) is 22.7 Å². The lowest BCUT2D eigenvalue weighted by Crippen LogP contribution is -2.38. The number of hydrogen-bond donors (Lipinski definition) is 0. The van der Waals surface area contributed by atoms with Gasteiger partial charge >= 0.3 is 0 Å². The number of hydrogen-bond acceptors (Lipinski definition) is 5. The summed E-state index contributed by atoms with van der Waals surface area (Å²) in [7, 11) is 0. The predicted molar refractivity (Wildman–Crippen MR) is 76.6 cm³/mol. The zero-order chi connectivity index (χ0) is 13.1. The van der Waals surface area contributed by atoms with Crippen LogP contribution >= 0.6 is 22.7 Å². The van der Waals surface area contributed by atoms with Crippen LogP contribution in [0.3, 0.4) is 0 Å². The zero-order valence-corrected chi connectivity index (χ0v) is 12.1. The maximum absolute atomic E-state index is 12.2. The fourth-order valence-electron chi connectivity index (χ4n) is 2.42. The quantitative estimate of drug-likeness (QED) is 0.874. The van der Waals surface area contributed by atoms with E-state index in [1.165, 1.54) is 16.3 Å². The molecule has 3 heterocycles. The molecule has 6 heteroatoms. The van der Waals surface area contributed by atoms with Crippen LogP contribution in [0.15, 0.2) is 23.3 Å². The van der Waals surface area contributed by atoms with Crippen molar-refractivity contribution in [3.05, 3.63) is 33.2 Å². The van der Waals surface area contributed by atoms with Crippen LogP contribution in [0.4, 0.5) is 0 Å². The molecule has 0 bridgehead atoms. The number of carbonyl (C=O) groups excluding carboxylic acids is 1. The minimum atomic E-state index is 0.134. The van der Waals surface area contributed by atoms with Crippen LogP contribution in [-0.4, -0.2) is 33.9 Å². The molecule has 1 aliphatic heterocycles. The Morgan fingerprint density at radius 3 is 2.84 bits per heavy atom. The Hall–Kier alpha value is -1.27. The highest BCUT2D eigenvalue weighted by atomic mass is 32.1. The van der Waals surface area contributed by atoms with Crippen LogP contribution in [0, 0.1) is 5.92 Å². The van der Waals surface area contributed by atoms with Crippen LogP contribution < -0.4 is 0 Å². The van der Waals surface area contributed by atoms with Crippen LogP contribution in [0.25, 0.3) is 0 Å². The number of aromatic nitrogens is 2. The molecule has 0 spiro atoms. The highest BCUT2D eigenvalue weighted by Crippen LogP contribution is 2.24. The molecule has 0 radical (unpaired) electrons. The average molecular weight is 293 g/mol. The van der Waals surface area contributed by atoms with E-state index < -0.39 is 0 Å². The third-order valence-corrected chi connectivity index (χ3v) is 5.05. The van der Waals surface area contributed by atoms with Gasteiger partial charge in [0.1, 0.15) is 4.88 Å². The van der Waals surface area contributed by atoms with Crippen LogP contribution in [-0.2, 0) is 6.42 Å². The molecule has 0 saturated carbocycles. The van der Waals surface area contributed by atoms with Crippen molar-refractivity contribution >= 4 is 28.6 Å². The Morgan fingerprint density at radius 2 is 2.21 bits per heavy atom. The number of piperidine rings is 1. The largest absolute Gasteiger partial charge is 0.338 e. The smallest absolute Gasteiger partial charge is 0.265 e. The van der Waals surface area contributed by atoms with Crippen LogP contribution in [0.1, 0.15) is 27.5 Å². The van der Waals surface area contributed by atoms with Gasteiger partial charge in [-0.2, -0.15) is 0 Å². The zero-order valence-electron chi connectivity index (χ0n) is 10.5. The van der Waals surface area contributed by atoms with E-state index in [4.69, 9.17) is 0 Å². The maximum atomic E-state index is 12.2. The van der Waals surface area contributed by atoms with E-state index in [2.05, 4.69) is 9.97 Å². The molecule has 2 aromatic rings. The van der Waals surface area contributed by atoms with Gasteiger partial charge in [-0.3, -0.25) is 9.78 Å². The molecule has 1 fully saturated rings. The highest BCUT2D eigenvalue weighted by molar-refractivity contribution is 7.11. The average Bonchev–Trinajstić information content (AvgIpc) is 3.12. The normalized spacial score (nSPS) is 16.7. The number of amides is 1. The van der Waals surface area contributed by atoms with E-state index in [0.29, 0.717) is 5.92 Å². The monoisotopic (exact) mass is 293 g/mol. The summed E-state index contributed by atoms with van der Waals surface area (Å²) in [4.78, 5) is 23.2. The third kappa shape index (κ3) is 3.01. The Balaban J connectivity index is 1.53. The van der Waals surface area contributed by atoms with E-state index in [1.54, 1.807) is 23.0 Å². The van der Waals surface area contributed by atoms with Gasteiger partial charge in [0.05, 0.1) is 16.7 Å². The predicted octanol–water partition coefficient (Wildman–Crippen LogP) is 2.69. The number of rotatable bonds is 3. The molecule has 0 aliphatic carbocycles. The van der Waals surface area contributed by atoms with Gasteiger partial charge in [-0.25, -0.2) is 4.98 Å². The molecule has 3 rings (SSSR count). The fraction of sp³-hybridized carbons (Fsp3) is 0.462. The number of likely N-dealkylation sites (tertiary alicyclic amines) is 1. The first-order chi connectivity index (χ1) is 9.33. The summed E-state index contributed by atoms with van der Waals surface area (Å²) in [6.07, 6.45) is 6.73. The minimum absolute atomic E-state index is 0.134. The van der Waals surface area contributed by atoms with Crippen molar-refractivity contribution in [1.29, 1.82) is 0 Å².